The molecule has 4 heteroatoms. The van der Waals surface area contributed by atoms with Crippen molar-refractivity contribution < 1.29 is 9.53 Å². The van der Waals surface area contributed by atoms with E-state index in [0.717, 1.165) is 27.8 Å². The van der Waals surface area contributed by atoms with Gasteiger partial charge in [-0.15, -0.1) is 0 Å². The summed E-state index contributed by atoms with van der Waals surface area (Å²) < 4.78 is 5.45. The van der Waals surface area contributed by atoms with Crippen LogP contribution in [0.5, 0.6) is 5.75 Å². The van der Waals surface area contributed by atoms with Crippen molar-refractivity contribution in [3.63, 3.8) is 0 Å². The van der Waals surface area contributed by atoms with Crippen molar-refractivity contribution in [2.45, 2.75) is 6.92 Å². The molecule has 3 aromatic rings. The fourth-order valence-corrected chi connectivity index (χ4v) is 3.18. The molecule has 0 unspecified atom stereocenters. The van der Waals surface area contributed by atoms with Crippen LogP contribution in [0.25, 0.3) is 16.8 Å². The third kappa shape index (κ3) is 2.65. The Hall–Kier alpha value is -3.40. The van der Waals surface area contributed by atoms with E-state index in [1.165, 1.54) is 5.01 Å². The van der Waals surface area contributed by atoms with Gasteiger partial charge < -0.3 is 4.74 Å². The first-order chi connectivity index (χ1) is 12.7. The van der Waals surface area contributed by atoms with Crippen molar-refractivity contribution >= 4 is 34.2 Å². The summed E-state index contributed by atoms with van der Waals surface area (Å²) in [7, 11) is 1.66. The summed E-state index contributed by atoms with van der Waals surface area (Å²) in [4.78, 5) is 12.9. The molecule has 26 heavy (non-hydrogen) atoms. The minimum absolute atomic E-state index is 0.117. The highest BCUT2D eigenvalue weighted by Gasteiger charge is 2.28. The molecule has 0 fully saturated rings. The third-order valence-electron chi connectivity index (χ3n) is 4.50. The smallest absolute Gasteiger partial charge is 0.280 e. The van der Waals surface area contributed by atoms with Crippen molar-refractivity contribution in [3.8, 4) is 5.75 Å². The molecule has 0 spiro atoms. The van der Waals surface area contributed by atoms with E-state index < -0.39 is 0 Å². The lowest BCUT2D eigenvalue weighted by Gasteiger charge is -2.11. The van der Waals surface area contributed by atoms with Gasteiger partial charge in [0.05, 0.1) is 24.1 Å². The van der Waals surface area contributed by atoms with E-state index in [0.29, 0.717) is 11.3 Å². The molecule has 0 saturated heterocycles. The summed E-state index contributed by atoms with van der Waals surface area (Å²) in [5, 5.41) is 7.95. The van der Waals surface area contributed by atoms with E-state index in [1.807, 2.05) is 79.7 Å². The normalized spacial score (nSPS) is 15.6. The van der Waals surface area contributed by atoms with Gasteiger partial charge in [-0.3, -0.25) is 4.79 Å². The molecule has 4 rings (SSSR count). The molecule has 128 valence electrons. The minimum atomic E-state index is -0.117. The second-order valence-corrected chi connectivity index (χ2v) is 6.10. The molecule has 4 nitrogen and oxygen atoms in total. The molecule has 0 radical (unpaired) electrons. The lowest BCUT2D eigenvalue weighted by molar-refractivity contribution is -0.114. The first-order valence-electron chi connectivity index (χ1n) is 8.41. The van der Waals surface area contributed by atoms with E-state index in [2.05, 4.69) is 5.10 Å². The number of hydrogen-bond acceptors (Lipinski definition) is 3. The predicted molar refractivity (Wildman–Crippen MR) is 106 cm³/mol. The van der Waals surface area contributed by atoms with E-state index in [9.17, 15) is 4.79 Å². The number of para-hydroxylation sites is 1. The highest BCUT2D eigenvalue weighted by atomic mass is 16.5. The molecule has 0 bridgehead atoms. The van der Waals surface area contributed by atoms with Gasteiger partial charge in [-0.25, -0.2) is 0 Å². The Kier molecular flexibility index (Phi) is 4.01. The van der Waals surface area contributed by atoms with Gasteiger partial charge in [0.1, 0.15) is 5.75 Å². The highest BCUT2D eigenvalue weighted by molar-refractivity contribution is 6.32. The van der Waals surface area contributed by atoms with Crippen LogP contribution in [0.4, 0.5) is 5.69 Å². The van der Waals surface area contributed by atoms with E-state index in [1.54, 1.807) is 7.11 Å². The molecule has 3 aromatic carbocycles. The number of carbonyl (C=O) groups is 1. The third-order valence-corrected chi connectivity index (χ3v) is 4.50. The number of nitrogens with zero attached hydrogens (tertiary/aromatic N) is 2. The number of ether oxygens (including phenoxy) is 1. The maximum absolute atomic E-state index is 12.9. The number of hydrogen-bond donors (Lipinski definition) is 0. The van der Waals surface area contributed by atoms with Crippen LogP contribution < -0.4 is 9.75 Å². The average molecular weight is 342 g/mol. The number of carbonyl (C=O) groups excluding carboxylic acids is 1. The van der Waals surface area contributed by atoms with E-state index in [4.69, 9.17) is 4.74 Å². The molecule has 1 aliphatic rings. The molecule has 1 amide bonds. The summed E-state index contributed by atoms with van der Waals surface area (Å²) in [6, 6.07) is 21.4. The summed E-state index contributed by atoms with van der Waals surface area (Å²) >= 11 is 0. The molecule has 0 N–H and O–H groups in total. The lowest BCUT2D eigenvalue weighted by Crippen LogP contribution is -2.21. The van der Waals surface area contributed by atoms with Gasteiger partial charge in [0.25, 0.3) is 5.91 Å². The number of rotatable bonds is 3. The summed E-state index contributed by atoms with van der Waals surface area (Å²) in [6.45, 7) is 1.86. The Morgan fingerprint density at radius 2 is 1.62 bits per heavy atom. The van der Waals surface area contributed by atoms with Crippen LogP contribution in [-0.2, 0) is 4.79 Å². The Morgan fingerprint density at radius 1 is 0.923 bits per heavy atom. The fourth-order valence-electron chi connectivity index (χ4n) is 3.18. The monoisotopic (exact) mass is 342 g/mol. The van der Waals surface area contributed by atoms with Gasteiger partial charge in [-0.2, -0.15) is 10.1 Å². The van der Waals surface area contributed by atoms with Gasteiger partial charge in [0.2, 0.25) is 0 Å². The first kappa shape index (κ1) is 16.1. The van der Waals surface area contributed by atoms with Crippen LogP contribution >= 0.6 is 0 Å². The van der Waals surface area contributed by atoms with Crippen LogP contribution in [0.2, 0.25) is 0 Å². The zero-order chi connectivity index (χ0) is 18.1. The fraction of sp³-hybridized carbons (Fsp3) is 0.0909. The second-order valence-electron chi connectivity index (χ2n) is 6.10. The molecular weight excluding hydrogens is 324 g/mol. The van der Waals surface area contributed by atoms with Crippen LogP contribution in [0.1, 0.15) is 12.5 Å². The highest BCUT2D eigenvalue weighted by Crippen LogP contribution is 2.31. The molecule has 0 aliphatic carbocycles. The van der Waals surface area contributed by atoms with Gasteiger partial charge in [-0.05, 0) is 42.1 Å². The zero-order valence-electron chi connectivity index (χ0n) is 14.6. The number of amides is 1. The average Bonchev–Trinajstić information content (AvgIpc) is 2.97. The Balaban J connectivity index is 1.79. The molecule has 1 aliphatic heterocycles. The van der Waals surface area contributed by atoms with Crippen molar-refractivity contribution in [1.82, 2.24) is 0 Å². The number of fused-ring (bicyclic) bond motifs is 1. The standard InChI is InChI=1S/C22H18N2O2/c1-15-20(22(25)24(23-15)17-8-4-3-5-9-17)14-16-12-13-21(26-2)19-11-7-6-10-18(16)19/h3-14H,1-2H3/b20-14+. The molecule has 0 atom stereocenters. The quantitative estimate of drug-likeness (QED) is 0.650. The topological polar surface area (TPSA) is 41.9 Å². The van der Waals surface area contributed by atoms with E-state index >= 15 is 0 Å². The SMILES string of the molecule is COc1ccc(/C=C2/C(=O)N(c3ccccc3)N=C2C)c2ccccc12. The molecular formula is C22H18N2O2. The van der Waals surface area contributed by atoms with Crippen LogP contribution in [-0.4, -0.2) is 18.7 Å². The van der Waals surface area contributed by atoms with Gasteiger partial charge >= 0.3 is 0 Å². The van der Waals surface area contributed by atoms with Crippen molar-refractivity contribution in [3.05, 3.63) is 77.9 Å². The Bertz CT molecular complexity index is 1050. The van der Waals surface area contributed by atoms with Crippen molar-refractivity contribution in [2.75, 3.05) is 12.1 Å². The number of hydrazone groups is 1. The van der Waals surface area contributed by atoms with Crippen LogP contribution in [0.15, 0.2) is 77.4 Å². The van der Waals surface area contributed by atoms with Gasteiger partial charge in [0, 0.05) is 5.39 Å². The Morgan fingerprint density at radius 3 is 2.35 bits per heavy atom. The summed E-state index contributed by atoms with van der Waals surface area (Å²) in [5.74, 6) is 0.699. The van der Waals surface area contributed by atoms with Crippen molar-refractivity contribution in [2.24, 2.45) is 5.10 Å². The summed E-state index contributed by atoms with van der Waals surface area (Å²) in [6.07, 6.45) is 1.91. The van der Waals surface area contributed by atoms with Crippen molar-refractivity contribution in [1.29, 1.82) is 0 Å². The maximum Gasteiger partial charge on any atom is 0.280 e. The van der Waals surface area contributed by atoms with Crippen LogP contribution in [0.3, 0.4) is 0 Å². The van der Waals surface area contributed by atoms with E-state index in [-0.39, 0.29) is 5.91 Å². The molecule has 0 aromatic heterocycles. The number of methoxy groups -OCH3 is 1. The predicted octanol–water partition coefficient (Wildman–Crippen LogP) is 4.65. The molecule has 0 saturated carbocycles. The minimum Gasteiger partial charge on any atom is -0.496 e. The number of anilines is 1. The van der Waals surface area contributed by atoms with Gasteiger partial charge in [-0.1, -0.05) is 48.5 Å². The summed E-state index contributed by atoms with van der Waals surface area (Å²) in [5.41, 5.74) is 3.04. The number of benzene rings is 3. The zero-order valence-corrected chi connectivity index (χ0v) is 14.6. The van der Waals surface area contributed by atoms with Gasteiger partial charge in [0.15, 0.2) is 0 Å². The largest absolute Gasteiger partial charge is 0.496 e. The molecule has 1 heterocycles. The first-order valence-corrected chi connectivity index (χ1v) is 8.41. The maximum atomic E-state index is 12.9. The van der Waals surface area contributed by atoms with Crippen LogP contribution in [0, 0.1) is 0 Å². The Labute approximate surface area is 152 Å². The lowest BCUT2D eigenvalue weighted by atomic mass is 10.00. The second kappa shape index (κ2) is 6.48.